The van der Waals surface area contributed by atoms with Gasteiger partial charge in [0.25, 0.3) is 0 Å². The number of carbonyl (C=O) groups excluding carboxylic acids is 1. The van der Waals surface area contributed by atoms with Gasteiger partial charge in [0.05, 0.1) is 6.61 Å². The van der Waals surface area contributed by atoms with E-state index >= 15 is 0 Å². The van der Waals surface area contributed by atoms with Gasteiger partial charge >= 0.3 is 5.97 Å². The molecular formula is C13H28N2O2. The minimum Gasteiger partial charge on any atom is -0.465 e. The summed E-state index contributed by atoms with van der Waals surface area (Å²) in [5.41, 5.74) is -0.624. The first-order valence-electron chi connectivity index (χ1n) is 6.48. The Morgan fingerprint density at radius 2 is 2.00 bits per heavy atom. The first-order chi connectivity index (χ1) is 7.89. The molecule has 0 fully saturated rings. The third-order valence-electron chi connectivity index (χ3n) is 2.89. The Labute approximate surface area is 106 Å². The summed E-state index contributed by atoms with van der Waals surface area (Å²) in [6.07, 6.45) is 0. The summed E-state index contributed by atoms with van der Waals surface area (Å²) in [4.78, 5) is 14.2. The average molecular weight is 244 g/mol. The Morgan fingerprint density at radius 1 is 1.41 bits per heavy atom. The van der Waals surface area contributed by atoms with Gasteiger partial charge in [-0.15, -0.1) is 0 Å². The molecule has 0 aromatic carbocycles. The molecule has 0 rings (SSSR count). The fraction of sp³-hybridized carbons (Fsp3) is 0.923. The maximum absolute atomic E-state index is 11.9. The van der Waals surface area contributed by atoms with Gasteiger partial charge in [-0.05, 0) is 33.4 Å². The molecule has 0 saturated carbocycles. The largest absolute Gasteiger partial charge is 0.465 e. The number of hydrogen-bond donors (Lipinski definition) is 1. The van der Waals surface area contributed by atoms with Crippen molar-refractivity contribution in [2.45, 2.75) is 40.2 Å². The van der Waals surface area contributed by atoms with Gasteiger partial charge in [-0.2, -0.15) is 0 Å². The van der Waals surface area contributed by atoms with Gasteiger partial charge in [0.2, 0.25) is 0 Å². The molecular weight excluding hydrogens is 216 g/mol. The van der Waals surface area contributed by atoms with Crippen molar-refractivity contribution in [3.63, 3.8) is 0 Å². The third-order valence-corrected chi connectivity index (χ3v) is 2.89. The third kappa shape index (κ3) is 5.50. The summed E-state index contributed by atoms with van der Waals surface area (Å²) in [6, 6.07) is 0. The molecule has 0 radical (unpaired) electrons. The standard InChI is InChI=1S/C13H28N2O2/c1-7-15(9-11(3)4)10-13(5,14-6)12(16)17-8-2/h11,14H,7-10H2,1-6H3. The lowest BCUT2D eigenvalue weighted by molar-refractivity contribution is -0.151. The van der Waals surface area contributed by atoms with E-state index in [1.165, 1.54) is 0 Å². The van der Waals surface area contributed by atoms with E-state index in [1.807, 2.05) is 13.8 Å². The Hall–Kier alpha value is -0.610. The molecule has 4 nitrogen and oxygen atoms in total. The first-order valence-corrected chi connectivity index (χ1v) is 6.48. The van der Waals surface area contributed by atoms with Crippen LogP contribution in [0.25, 0.3) is 0 Å². The van der Waals surface area contributed by atoms with Gasteiger partial charge in [-0.25, -0.2) is 0 Å². The molecule has 0 saturated heterocycles. The van der Waals surface area contributed by atoms with Crippen molar-refractivity contribution in [3.05, 3.63) is 0 Å². The minimum atomic E-state index is -0.624. The van der Waals surface area contributed by atoms with E-state index in [-0.39, 0.29) is 5.97 Å². The highest BCUT2D eigenvalue weighted by atomic mass is 16.5. The van der Waals surface area contributed by atoms with Gasteiger partial charge in [-0.3, -0.25) is 4.79 Å². The molecule has 0 aliphatic rings. The second-order valence-corrected chi connectivity index (χ2v) is 5.02. The van der Waals surface area contributed by atoms with E-state index < -0.39 is 5.54 Å². The van der Waals surface area contributed by atoms with Crippen LogP contribution in [0.15, 0.2) is 0 Å². The van der Waals surface area contributed by atoms with Gasteiger partial charge in [-0.1, -0.05) is 20.8 Å². The van der Waals surface area contributed by atoms with Crippen molar-refractivity contribution >= 4 is 5.97 Å². The predicted molar refractivity (Wildman–Crippen MR) is 71.0 cm³/mol. The molecule has 0 spiro atoms. The maximum Gasteiger partial charge on any atom is 0.327 e. The average Bonchev–Trinajstić information content (AvgIpc) is 2.27. The number of esters is 1. The number of ether oxygens (including phenoxy) is 1. The number of hydrogen-bond acceptors (Lipinski definition) is 4. The highest BCUT2D eigenvalue weighted by molar-refractivity contribution is 5.80. The molecule has 17 heavy (non-hydrogen) atoms. The van der Waals surface area contributed by atoms with Crippen LogP contribution in [-0.4, -0.2) is 49.7 Å². The van der Waals surface area contributed by atoms with Crippen LogP contribution in [-0.2, 0) is 9.53 Å². The maximum atomic E-state index is 11.9. The van der Waals surface area contributed by atoms with E-state index in [1.54, 1.807) is 7.05 Å². The molecule has 0 heterocycles. The van der Waals surface area contributed by atoms with E-state index in [2.05, 4.69) is 31.0 Å². The van der Waals surface area contributed by atoms with Crippen LogP contribution in [0.4, 0.5) is 0 Å². The summed E-state index contributed by atoms with van der Waals surface area (Å²) in [5.74, 6) is 0.419. The Morgan fingerprint density at radius 3 is 2.35 bits per heavy atom. The second-order valence-electron chi connectivity index (χ2n) is 5.02. The van der Waals surface area contributed by atoms with Crippen LogP contribution in [0.1, 0.15) is 34.6 Å². The van der Waals surface area contributed by atoms with Crippen LogP contribution in [0.2, 0.25) is 0 Å². The molecule has 4 heteroatoms. The number of nitrogens with zero attached hydrogens (tertiary/aromatic N) is 1. The molecule has 0 aliphatic heterocycles. The number of rotatable bonds is 8. The molecule has 0 aromatic heterocycles. The number of nitrogens with one attached hydrogen (secondary N) is 1. The zero-order valence-electron chi connectivity index (χ0n) is 12.2. The summed E-state index contributed by atoms with van der Waals surface area (Å²) in [5, 5.41) is 3.08. The Balaban J connectivity index is 4.58. The van der Waals surface area contributed by atoms with Crippen LogP contribution in [0.5, 0.6) is 0 Å². The molecule has 1 atom stereocenters. The lowest BCUT2D eigenvalue weighted by Crippen LogP contribution is -2.56. The van der Waals surface area contributed by atoms with E-state index in [4.69, 9.17) is 4.74 Å². The van der Waals surface area contributed by atoms with E-state index in [0.717, 1.165) is 13.1 Å². The molecule has 1 N–H and O–H groups in total. The lowest BCUT2D eigenvalue weighted by Gasteiger charge is -2.33. The lowest BCUT2D eigenvalue weighted by atomic mass is 10.0. The van der Waals surface area contributed by atoms with E-state index in [0.29, 0.717) is 19.1 Å². The number of carbonyl (C=O) groups is 1. The van der Waals surface area contributed by atoms with Crippen molar-refractivity contribution in [1.29, 1.82) is 0 Å². The fourth-order valence-electron chi connectivity index (χ4n) is 1.81. The monoisotopic (exact) mass is 244 g/mol. The van der Waals surface area contributed by atoms with Gasteiger partial charge in [0.15, 0.2) is 0 Å². The quantitative estimate of drug-likeness (QED) is 0.657. The molecule has 0 aliphatic carbocycles. The van der Waals surface area contributed by atoms with Crippen molar-refractivity contribution in [2.75, 3.05) is 33.3 Å². The van der Waals surface area contributed by atoms with Crippen LogP contribution in [0, 0.1) is 5.92 Å². The smallest absolute Gasteiger partial charge is 0.327 e. The first kappa shape index (κ1) is 16.4. The molecule has 0 amide bonds. The van der Waals surface area contributed by atoms with Crippen molar-refractivity contribution in [2.24, 2.45) is 5.92 Å². The molecule has 102 valence electrons. The Bertz CT molecular complexity index is 231. The van der Waals surface area contributed by atoms with Crippen LogP contribution >= 0.6 is 0 Å². The van der Waals surface area contributed by atoms with Gasteiger partial charge in [0.1, 0.15) is 5.54 Å². The van der Waals surface area contributed by atoms with Crippen molar-refractivity contribution in [3.8, 4) is 0 Å². The highest BCUT2D eigenvalue weighted by Gasteiger charge is 2.34. The van der Waals surface area contributed by atoms with Crippen molar-refractivity contribution < 1.29 is 9.53 Å². The molecule has 1 unspecified atom stereocenters. The summed E-state index contributed by atoms with van der Waals surface area (Å²) < 4.78 is 5.12. The second kappa shape index (κ2) is 7.67. The summed E-state index contributed by atoms with van der Waals surface area (Å²) in [6.45, 7) is 13.2. The van der Waals surface area contributed by atoms with Gasteiger partial charge < -0.3 is 15.0 Å². The zero-order chi connectivity index (χ0) is 13.5. The number of likely N-dealkylation sites (N-methyl/N-ethyl adjacent to an activating group) is 2. The summed E-state index contributed by atoms with van der Waals surface area (Å²) in [7, 11) is 1.81. The Kier molecular flexibility index (Phi) is 7.39. The van der Waals surface area contributed by atoms with Gasteiger partial charge in [0, 0.05) is 13.1 Å². The van der Waals surface area contributed by atoms with Crippen LogP contribution < -0.4 is 5.32 Å². The zero-order valence-corrected chi connectivity index (χ0v) is 12.2. The minimum absolute atomic E-state index is 0.176. The highest BCUT2D eigenvalue weighted by Crippen LogP contribution is 2.10. The summed E-state index contributed by atoms with van der Waals surface area (Å²) >= 11 is 0. The van der Waals surface area contributed by atoms with Crippen LogP contribution in [0.3, 0.4) is 0 Å². The SMILES string of the molecule is CCOC(=O)C(C)(CN(CC)CC(C)C)NC. The molecule has 0 aromatic rings. The normalized spacial score (nSPS) is 15.1. The molecule has 0 bridgehead atoms. The topological polar surface area (TPSA) is 41.6 Å². The van der Waals surface area contributed by atoms with Crippen molar-refractivity contribution in [1.82, 2.24) is 10.2 Å². The van der Waals surface area contributed by atoms with E-state index in [9.17, 15) is 4.79 Å². The fourth-order valence-corrected chi connectivity index (χ4v) is 1.81. The predicted octanol–water partition coefficient (Wildman–Crippen LogP) is 1.51.